The Morgan fingerprint density at radius 3 is 2.56 bits per heavy atom. The van der Waals surface area contributed by atoms with Gasteiger partial charge in [0.2, 0.25) is 0 Å². The first-order chi connectivity index (χ1) is 4.35. The van der Waals surface area contributed by atoms with Crippen molar-refractivity contribution in [1.29, 1.82) is 0 Å². The summed E-state index contributed by atoms with van der Waals surface area (Å²) in [6.07, 6.45) is 7.88. The SMILES string of the molecule is C=C/C=C([CH]=[W])\C=C/C. The van der Waals surface area contributed by atoms with Crippen molar-refractivity contribution in [1.82, 2.24) is 0 Å². The van der Waals surface area contributed by atoms with Crippen molar-refractivity contribution in [2.45, 2.75) is 6.92 Å². The Bertz CT molecular complexity index is 152. The molecule has 0 spiro atoms. The van der Waals surface area contributed by atoms with E-state index in [-0.39, 0.29) is 0 Å². The van der Waals surface area contributed by atoms with Crippen molar-refractivity contribution in [3.8, 4) is 0 Å². The Hall–Kier alpha value is -0.222. The Kier molecular flexibility index (Phi) is 5.76. The third-order valence-electron chi connectivity index (χ3n) is 0.806. The van der Waals surface area contributed by atoms with Crippen LogP contribution >= 0.6 is 0 Å². The summed E-state index contributed by atoms with van der Waals surface area (Å²) in [4.78, 5) is 0. The Labute approximate surface area is 67.4 Å². The Morgan fingerprint density at radius 2 is 2.22 bits per heavy atom. The van der Waals surface area contributed by atoms with E-state index in [0.29, 0.717) is 0 Å². The molecular formula is C8H10W. The summed E-state index contributed by atoms with van der Waals surface area (Å²) in [7, 11) is 0. The fraction of sp³-hybridized carbons (Fsp3) is 0.125. The van der Waals surface area contributed by atoms with Gasteiger partial charge in [-0.05, 0) is 0 Å². The van der Waals surface area contributed by atoms with E-state index in [1.807, 2.05) is 19.1 Å². The van der Waals surface area contributed by atoms with Gasteiger partial charge in [-0.25, -0.2) is 0 Å². The second-order valence-corrected chi connectivity index (χ2v) is 2.37. The Balaban J connectivity index is 4.13. The molecule has 0 aliphatic heterocycles. The monoisotopic (exact) mass is 290 g/mol. The molecule has 0 rings (SSSR count). The van der Waals surface area contributed by atoms with Crippen LogP contribution in [0.1, 0.15) is 6.92 Å². The number of hydrogen-bond donors (Lipinski definition) is 0. The molecule has 0 heterocycles. The quantitative estimate of drug-likeness (QED) is 0.698. The molecule has 0 fully saturated rings. The van der Waals surface area contributed by atoms with E-state index in [4.69, 9.17) is 0 Å². The normalized spacial score (nSPS) is 11.9. The molecule has 0 saturated carbocycles. The van der Waals surface area contributed by atoms with Gasteiger partial charge >= 0.3 is 67.1 Å². The van der Waals surface area contributed by atoms with E-state index in [1.165, 1.54) is 24.9 Å². The van der Waals surface area contributed by atoms with E-state index in [0.717, 1.165) is 0 Å². The molecule has 0 aromatic rings. The number of hydrogen-bond acceptors (Lipinski definition) is 0. The van der Waals surface area contributed by atoms with Gasteiger partial charge in [0.15, 0.2) is 0 Å². The zero-order chi connectivity index (χ0) is 7.11. The first-order valence-electron chi connectivity index (χ1n) is 2.75. The minimum absolute atomic E-state index is 1.24. The minimum atomic E-state index is 1.24. The third-order valence-corrected chi connectivity index (χ3v) is 1.78. The average Bonchev–Trinajstić information content (AvgIpc) is 1.88. The first kappa shape index (κ1) is 8.78. The summed E-state index contributed by atoms with van der Waals surface area (Å²) in [6.45, 7) is 5.62. The molecular weight excluding hydrogens is 280 g/mol. The van der Waals surface area contributed by atoms with Crippen molar-refractivity contribution >= 4 is 4.40 Å². The van der Waals surface area contributed by atoms with E-state index >= 15 is 0 Å². The predicted octanol–water partition coefficient (Wildman–Crippen LogP) is 2.02. The van der Waals surface area contributed by atoms with Crippen LogP contribution in [0.2, 0.25) is 0 Å². The Morgan fingerprint density at radius 1 is 1.56 bits per heavy atom. The van der Waals surface area contributed by atoms with E-state index < -0.39 is 0 Å². The maximum absolute atomic E-state index is 3.61. The molecule has 0 aliphatic rings. The van der Waals surface area contributed by atoms with Crippen LogP contribution in [0.3, 0.4) is 0 Å². The molecule has 0 amide bonds. The topological polar surface area (TPSA) is 0 Å². The van der Waals surface area contributed by atoms with Crippen LogP contribution in [0.5, 0.6) is 0 Å². The number of allylic oxidation sites excluding steroid dienone is 5. The predicted molar refractivity (Wildman–Crippen MR) is 39.2 cm³/mol. The van der Waals surface area contributed by atoms with Crippen molar-refractivity contribution in [3.05, 3.63) is 36.5 Å². The summed E-state index contributed by atoms with van der Waals surface area (Å²) in [5.41, 5.74) is 1.24. The van der Waals surface area contributed by atoms with Crippen LogP contribution in [0, 0.1) is 0 Å². The van der Waals surface area contributed by atoms with Crippen molar-refractivity contribution in [2.24, 2.45) is 0 Å². The van der Waals surface area contributed by atoms with Gasteiger partial charge in [0.25, 0.3) is 0 Å². The summed E-state index contributed by atoms with van der Waals surface area (Å²) < 4.78 is 2.13. The molecule has 0 aliphatic carbocycles. The summed E-state index contributed by atoms with van der Waals surface area (Å²) >= 11 is 1.47. The van der Waals surface area contributed by atoms with Crippen LogP contribution in [-0.4, -0.2) is 4.40 Å². The molecule has 0 saturated heterocycles. The molecule has 9 heavy (non-hydrogen) atoms. The molecule has 0 radical (unpaired) electrons. The zero-order valence-electron chi connectivity index (χ0n) is 5.50. The zero-order valence-corrected chi connectivity index (χ0v) is 8.44. The van der Waals surface area contributed by atoms with Crippen molar-refractivity contribution < 1.29 is 19.4 Å². The molecule has 0 atom stereocenters. The van der Waals surface area contributed by atoms with Gasteiger partial charge in [0, 0.05) is 0 Å². The van der Waals surface area contributed by atoms with Crippen LogP contribution in [0.25, 0.3) is 0 Å². The first-order valence-corrected chi connectivity index (χ1v) is 4.45. The van der Waals surface area contributed by atoms with Gasteiger partial charge in [-0.2, -0.15) is 0 Å². The van der Waals surface area contributed by atoms with Crippen molar-refractivity contribution in [2.75, 3.05) is 0 Å². The van der Waals surface area contributed by atoms with Crippen LogP contribution in [-0.2, 0) is 19.4 Å². The van der Waals surface area contributed by atoms with Gasteiger partial charge in [0.05, 0.1) is 0 Å². The fourth-order valence-electron chi connectivity index (χ4n) is 0.463. The number of rotatable bonds is 3. The molecule has 0 aromatic carbocycles. The van der Waals surface area contributed by atoms with Gasteiger partial charge in [-0.15, -0.1) is 0 Å². The standard InChI is InChI=1S/C8H10.W/c1-4-6-8(3)7-5-2;/h3-7H,1H2,2H3;/b7-5-,8-6-;. The molecule has 0 unspecified atom stereocenters. The fourth-order valence-corrected chi connectivity index (χ4v) is 1.03. The van der Waals surface area contributed by atoms with Gasteiger partial charge in [0.1, 0.15) is 0 Å². The summed E-state index contributed by atoms with van der Waals surface area (Å²) in [6, 6.07) is 0. The van der Waals surface area contributed by atoms with Crippen LogP contribution in [0.15, 0.2) is 36.5 Å². The van der Waals surface area contributed by atoms with Gasteiger partial charge in [-0.1, -0.05) is 0 Å². The molecule has 0 nitrogen and oxygen atoms in total. The summed E-state index contributed by atoms with van der Waals surface area (Å²) in [5.74, 6) is 0. The van der Waals surface area contributed by atoms with Gasteiger partial charge in [-0.3, -0.25) is 0 Å². The van der Waals surface area contributed by atoms with E-state index in [1.54, 1.807) is 6.08 Å². The van der Waals surface area contributed by atoms with Crippen molar-refractivity contribution in [3.63, 3.8) is 0 Å². The maximum atomic E-state index is 3.61. The van der Waals surface area contributed by atoms with E-state index in [2.05, 4.69) is 17.1 Å². The molecule has 48 valence electrons. The van der Waals surface area contributed by atoms with Gasteiger partial charge < -0.3 is 0 Å². The molecule has 1 heteroatoms. The van der Waals surface area contributed by atoms with E-state index in [9.17, 15) is 0 Å². The molecule has 0 aromatic heterocycles. The molecule has 0 bridgehead atoms. The average molecular weight is 290 g/mol. The van der Waals surface area contributed by atoms with Crippen LogP contribution < -0.4 is 0 Å². The van der Waals surface area contributed by atoms with Crippen LogP contribution in [0.4, 0.5) is 0 Å². The summed E-state index contributed by atoms with van der Waals surface area (Å²) in [5, 5.41) is 0. The third kappa shape index (κ3) is 4.29. The molecule has 0 N–H and O–H groups in total. The second-order valence-electron chi connectivity index (χ2n) is 1.52. The second kappa shape index (κ2) is 5.91.